The Labute approximate surface area is 146 Å². The van der Waals surface area contributed by atoms with E-state index >= 15 is 0 Å². The second-order valence-corrected chi connectivity index (χ2v) is 8.70. The number of benzene rings is 1. The minimum Gasteiger partial charge on any atom is -0.444 e. The summed E-state index contributed by atoms with van der Waals surface area (Å²) in [6, 6.07) is 5.27. The molecule has 1 aromatic rings. The molecule has 2 aliphatic heterocycles. The first-order valence-electron chi connectivity index (χ1n) is 7.72. The fourth-order valence-electron chi connectivity index (χ4n) is 3.12. The van der Waals surface area contributed by atoms with Gasteiger partial charge in [0.25, 0.3) is 10.2 Å². The molecular formula is C15H20ClN3O4S. The van der Waals surface area contributed by atoms with Crippen molar-refractivity contribution in [3.05, 3.63) is 28.8 Å². The third kappa shape index (κ3) is 3.11. The number of amides is 1. The lowest BCUT2D eigenvalue weighted by Gasteiger charge is -2.40. The van der Waals surface area contributed by atoms with Crippen LogP contribution in [0.25, 0.3) is 0 Å². The Morgan fingerprint density at radius 2 is 1.92 bits per heavy atom. The molecule has 1 fully saturated rings. The molecule has 3 rings (SSSR count). The van der Waals surface area contributed by atoms with Gasteiger partial charge in [-0.15, -0.1) is 0 Å². The second-order valence-electron chi connectivity index (χ2n) is 6.12. The number of hydrogen-bond acceptors (Lipinski definition) is 4. The lowest BCUT2D eigenvalue weighted by molar-refractivity contribution is 0.135. The van der Waals surface area contributed by atoms with Crippen LogP contribution in [-0.2, 0) is 21.6 Å². The number of carbonyl (C=O) groups excluding carboxylic acids is 1. The van der Waals surface area contributed by atoms with E-state index < -0.39 is 16.3 Å². The highest BCUT2D eigenvalue weighted by atomic mass is 35.5. The van der Waals surface area contributed by atoms with Crippen LogP contribution in [0.3, 0.4) is 0 Å². The van der Waals surface area contributed by atoms with Crippen molar-refractivity contribution in [1.82, 2.24) is 8.61 Å². The van der Waals surface area contributed by atoms with E-state index in [1.165, 1.54) is 22.7 Å². The fourth-order valence-corrected chi connectivity index (χ4v) is 4.45. The van der Waals surface area contributed by atoms with Gasteiger partial charge in [-0.25, -0.2) is 4.79 Å². The third-order valence-corrected chi connectivity index (χ3v) is 6.60. The Balaban J connectivity index is 1.79. The molecule has 0 N–H and O–H groups in total. The Kier molecular flexibility index (Phi) is 4.74. The molecule has 0 bridgehead atoms. The van der Waals surface area contributed by atoms with Gasteiger partial charge in [0.1, 0.15) is 6.61 Å². The summed E-state index contributed by atoms with van der Waals surface area (Å²) >= 11 is 6.01. The summed E-state index contributed by atoms with van der Waals surface area (Å²) in [5, 5.41) is 0.596. The van der Waals surface area contributed by atoms with Crippen molar-refractivity contribution in [2.24, 2.45) is 0 Å². The van der Waals surface area contributed by atoms with Crippen molar-refractivity contribution >= 4 is 33.6 Å². The number of cyclic esters (lactones) is 1. The predicted molar refractivity (Wildman–Crippen MR) is 91.3 cm³/mol. The first kappa shape index (κ1) is 17.5. The highest BCUT2D eigenvalue weighted by Crippen LogP contribution is 2.33. The van der Waals surface area contributed by atoms with Crippen LogP contribution in [-0.4, -0.2) is 56.3 Å². The largest absolute Gasteiger partial charge is 0.444 e. The predicted octanol–water partition coefficient (Wildman–Crippen LogP) is 2.07. The van der Waals surface area contributed by atoms with E-state index in [9.17, 15) is 13.2 Å². The number of piperidine rings is 1. The Morgan fingerprint density at radius 1 is 1.25 bits per heavy atom. The van der Waals surface area contributed by atoms with Crippen LogP contribution in [0, 0.1) is 0 Å². The van der Waals surface area contributed by atoms with E-state index in [-0.39, 0.29) is 12.6 Å². The lowest BCUT2D eigenvalue weighted by Crippen LogP contribution is -2.52. The minimum absolute atomic E-state index is 0.0914. The van der Waals surface area contributed by atoms with E-state index in [0.717, 1.165) is 11.3 Å². The second kappa shape index (κ2) is 6.51. The summed E-state index contributed by atoms with van der Waals surface area (Å²) in [6.07, 6.45) is 0.729. The molecule has 2 heterocycles. The smallest absolute Gasteiger partial charge is 0.414 e. The zero-order chi connectivity index (χ0) is 17.5. The first-order valence-corrected chi connectivity index (χ1v) is 9.50. The number of ether oxygens (including phenoxy) is 1. The molecule has 7 nitrogen and oxygen atoms in total. The van der Waals surface area contributed by atoms with Gasteiger partial charge in [0.05, 0.1) is 5.69 Å². The number of hydrogen-bond donors (Lipinski definition) is 0. The molecule has 24 heavy (non-hydrogen) atoms. The van der Waals surface area contributed by atoms with Crippen LogP contribution >= 0.6 is 11.6 Å². The molecular weight excluding hydrogens is 354 g/mol. The van der Waals surface area contributed by atoms with E-state index in [1.807, 2.05) is 6.07 Å². The third-order valence-electron chi connectivity index (χ3n) is 4.43. The van der Waals surface area contributed by atoms with Crippen molar-refractivity contribution in [3.8, 4) is 0 Å². The van der Waals surface area contributed by atoms with Crippen LogP contribution in [0.4, 0.5) is 10.5 Å². The summed E-state index contributed by atoms with van der Waals surface area (Å²) in [5.74, 6) is 0. The van der Waals surface area contributed by atoms with Gasteiger partial charge in [0.2, 0.25) is 0 Å². The Morgan fingerprint density at radius 3 is 2.54 bits per heavy atom. The van der Waals surface area contributed by atoms with Crippen molar-refractivity contribution in [1.29, 1.82) is 0 Å². The maximum absolute atomic E-state index is 12.3. The molecule has 1 amide bonds. The molecule has 2 aliphatic rings. The highest BCUT2D eigenvalue weighted by Gasteiger charge is 2.37. The zero-order valence-corrected chi connectivity index (χ0v) is 15.2. The van der Waals surface area contributed by atoms with Crippen LogP contribution in [0.15, 0.2) is 18.2 Å². The Bertz CT molecular complexity index is 745. The maximum atomic E-state index is 12.3. The van der Waals surface area contributed by atoms with Gasteiger partial charge < -0.3 is 4.74 Å². The molecule has 0 radical (unpaired) electrons. The molecule has 0 aromatic heterocycles. The highest BCUT2D eigenvalue weighted by molar-refractivity contribution is 7.86. The van der Waals surface area contributed by atoms with Gasteiger partial charge in [-0.05, 0) is 31.0 Å². The first-order chi connectivity index (χ1) is 11.3. The lowest BCUT2D eigenvalue weighted by atomic mass is 10.0. The van der Waals surface area contributed by atoms with Crippen LogP contribution < -0.4 is 4.90 Å². The molecule has 0 spiro atoms. The molecule has 0 saturated carbocycles. The Hall–Kier alpha value is -1.35. The van der Waals surface area contributed by atoms with Gasteiger partial charge >= 0.3 is 6.09 Å². The topological polar surface area (TPSA) is 70.2 Å². The number of halogens is 1. The quantitative estimate of drug-likeness (QED) is 0.813. The average molecular weight is 374 g/mol. The fraction of sp³-hybridized carbons (Fsp3) is 0.533. The van der Waals surface area contributed by atoms with Crippen molar-refractivity contribution < 1.29 is 17.9 Å². The van der Waals surface area contributed by atoms with Gasteiger partial charge in [-0.2, -0.15) is 17.0 Å². The van der Waals surface area contributed by atoms with Crippen LogP contribution in [0.5, 0.6) is 0 Å². The summed E-state index contributed by atoms with van der Waals surface area (Å²) < 4.78 is 32.3. The van der Waals surface area contributed by atoms with Gasteiger partial charge in [-0.1, -0.05) is 11.6 Å². The van der Waals surface area contributed by atoms with Gasteiger partial charge in [0, 0.05) is 43.8 Å². The standard InChI is InChI=1S/C15H20ClN3O4S/c1-17(2)24(21,22)18-7-5-13(6-8-18)19-14-4-3-12(16)9-11(14)10-23-15(19)20/h3-4,9,13H,5-8,10H2,1-2H3. The summed E-state index contributed by atoms with van der Waals surface area (Å²) in [6.45, 7) is 0.953. The van der Waals surface area contributed by atoms with Crippen molar-refractivity contribution in [2.75, 3.05) is 32.1 Å². The summed E-state index contributed by atoms with van der Waals surface area (Å²) in [4.78, 5) is 13.9. The van der Waals surface area contributed by atoms with Gasteiger partial charge in [-0.3, -0.25) is 4.90 Å². The minimum atomic E-state index is -3.42. The number of carbonyl (C=O) groups is 1. The molecule has 1 saturated heterocycles. The number of fused-ring (bicyclic) bond motifs is 1. The van der Waals surface area contributed by atoms with E-state index in [1.54, 1.807) is 17.0 Å². The molecule has 1 aromatic carbocycles. The average Bonchev–Trinajstić information content (AvgIpc) is 2.55. The summed E-state index contributed by atoms with van der Waals surface area (Å²) in [7, 11) is -0.385. The van der Waals surface area contributed by atoms with Gasteiger partial charge in [0.15, 0.2) is 0 Å². The molecule has 0 unspecified atom stereocenters. The monoisotopic (exact) mass is 373 g/mol. The van der Waals surface area contributed by atoms with E-state index in [2.05, 4.69) is 0 Å². The molecule has 0 atom stereocenters. The summed E-state index contributed by atoms with van der Waals surface area (Å²) in [5.41, 5.74) is 1.66. The van der Waals surface area contributed by atoms with E-state index in [0.29, 0.717) is 31.0 Å². The van der Waals surface area contributed by atoms with Crippen molar-refractivity contribution in [2.45, 2.75) is 25.5 Å². The maximum Gasteiger partial charge on any atom is 0.414 e. The normalized spacial score (nSPS) is 20.2. The molecule has 132 valence electrons. The van der Waals surface area contributed by atoms with Crippen LogP contribution in [0.1, 0.15) is 18.4 Å². The number of rotatable bonds is 3. The number of nitrogens with zero attached hydrogens (tertiary/aromatic N) is 3. The zero-order valence-electron chi connectivity index (χ0n) is 13.6. The van der Waals surface area contributed by atoms with Crippen molar-refractivity contribution in [3.63, 3.8) is 0 Å². The SMILES string of the molecule is CN(C)S(=O)(=O)N1CCC(N2C(=O)OCc3cc(Cl)ccc32)CC1. The van der Waals surface area contributed by atoms with E-state index in [4.69, 9.17) is 16.3 Å². The molecule has 9 heteroatoms. The van der Waals surface area contributed by atoms with Crippen LogP contribution in [0.2, 0.25) is 5.02 Å². The number of anilines is 1. The molecule has 0 aliphatic carbocycles.